The Kier molecular flexibility index (Phi) is 6.87. The van der Waals surface area contributed by atoms with Gasteiger partial charge in [-0.25, -0.2) is 13.5 Å². The molecule has 0 bridgehead atoms. The van der Waals surface area contributed by atoms with E-state index in [0.29, 0.717) is 43.8 Å². The van der Waals surface area contributed by atoms with Crippen LogP contribution in [0.5, 0.6) is 0 Å². The number of nitrogens with one attached hydrogen (secondary N) is 2. The summed E-state index contributed by atoms with van der Waals surface area (Å²) in [6.45, 7) is 8.08. The van der Waals surface area contributed by atoms with E-state index in [0.717, 1.165) is 12.8 Å². The van der Waals surface area contributed by atoms with Gasteiger partial charge in [-0.2, -0.15) is 0 Å². The molecule has 0 radical (unpaired) electrons. The number of aliphatic hydroxyl groups is 1. The Labute approximate surface area is 218 Å². The zero-order chi connectivity index (χ0) is 27.4. The molecule has 1 unspecified atom stereocenters. The summed E-state index contributed by atoms with van der Waals surface area (Å²) < 4.78 is 29.2. The van der Waals surface area contributed by atoms with Crippen LogP contribution < -0.4 is 32.6 Å². The molecule has 1 amide bonds. The molecular formula is C26H36F2N6O4. The third-order valence-electron chi connectivity index (χ3n) is 7.71. The number of hydrogen-bond acceptors (Lipinski definition) is 7. The number of aromatic nitrogens is 2. The number of piperazine rings is 1. The fraction of sp³-hybridized carbons (Fsp3) is 0.654. The SMILES string of the molecule is CC(C)Cn1c(=O)c(=C(O)NC2CC2)c(=O)n2c1=C(/C=C/C(=O)N1CCN(C3CC(F)(F)C3)CC1)C(C)N2. The van der Waals surface area contributed by atoms with Crippen LogP contribution in [0.2, 0.25) is 0 Å². The summed E-state index contributed by atoms with van der Waals surface area (Å²) in [6.07, 6.45) is 4.59. The van der Waals surface area contributed by atoms with E-state index in [1.54, 1.807) is 11.0 Å². The highest BCUT2D eigenvalue weighted by molar-refractivity contribution is 5.90. The molecule has 3 heterocycles. The molecule has 12 heteroatoms. The van der Waals surface area contributed by atoms with Crippen molar-refractivity contribution in [2.45, 2.75) is 77.0 Å². The predicted molar refractivity (Wildman–Crippen MR) is 139 cm³/mol. The fourth-order valence-corrected chi connectivity index (χ4v) is 5.42. The van der Waals surface area contributed by atoms with Crippen molar-refractivity contribution < 1.29 is 18.7 Å². The molecule has 3 fully saturated rings. The first-order chi connectivity index (χ1) is 17.9. The van der Waals surface area contributed by atoms with Gasteiger partial charge in [-0.15, -0.1) is 0 Å². The minimum Gasteiger partial charge on any atom is -0.494 e. The van der Waals surface area contributed by atoms with E-state index in [2.05, 4.69) is 10.7 Å². The topological polar surface area (TPSA) is 112 Å². The van der Waals surface area contributed by atoms with Crippen molar-refractivity contribution in [3.63, 3.8) is 0 Å². The highest BCUT2D eigenvalue weighted by Gasteiger charge is 2.48. The lowest BCUT2D eigenvalue weighted by Crippen LogP contribution is -2.60. The third kappa shape index (κ3) is 5.10. The summed E-state index contributed by atoms with van der Waals surface area (Å²) in [7, 11) is 0. The first-order valence-electron chi connectivity index (χ1n) is 13.4. The van der Waals surface area contributed by atoms with Crippen molar-refractivity contribution in [2.75, 3.05) is 31.6 Å². The third-order valence-corrected chi connectivity index (χ3v) is 7.71. The van der Waals surface area contributed by atoms with Gasteiger partial charge in [-0.1, -0.05) is 13.8 Å². The Hall–Kier alpha value is -3.15. The predicted octanol–water partition coefficient (Wildman–Crippen LogP) is -0.364. The molecule has 5 rings (SSSR count). The number of hydrogen-bond donors (Lipinski definition) is 3. The van der Waals surface area contributed by atoms with Crippen LogP contribution >= 0.6 is 0 Å². The van der Waals surface area contributed by atoms with Crippen LogP contribution in [0.1, 0.15) is 46.5 Å². The van der Waals surface area contributed by atoms with E-state index in [9.17, 15) is 28.3 Å². The van der Waals surface area contributed by atoms with E-state index >= 15 is 0 Å². The maximum Gasteiger partial charge on any atom is 0.289 e. The monoisotopic (exact) mass is 534 g/mol. The zero-order valence-corrected chi connectivity index (χ0v) is 22.0. The summed E-state index contributed by atoms with van der Waals surface area (Å²) in [4.78, 5) is 43.4. The van der Waals surface area contributed by atoms with E-state index in [1.807, 2.05) is 25.7 Å². The molecule has 1 atom stereocenters. The lowest BCUT2D eigenvalue weighted by molar-refractivity contribution is -0.139. The molecule has 2 saturated carbocycles. The minimum atomic E-state index is -2.57. The van der Waals surface area contributed by atoms with Gasteiger partial charge in [-0.05, 0) is 31.8 Å². The summed E-state index contributed by atoms with van der Waals surface area (Å²) in [5, 5.41) is 13.1. The van der Waals surface area contributed by atoms with Crippen LogP contribution in [0, 0.1) is 5.92 Å². The van der Waals surface area contributed by atoms with Crippen molar-refractivity contribution in [3.8, 4) is 0 Å². The molecule has 0 spiro atoms. The molecule has 2 aliphatic heterocycles. The molecule has 208 valence electrons. The van der Waals surface area contributed by atoms with Crippen LogP contribution in [0.3, 0.4) is 0 Å². The Balaban J connectivity index is 1.43. The maximum atomic E-state index is 13.5. The maximum absolute atomic E-state index is 13.5. The first-order valence-corrected chi connectivity index (χ1v) is 13.4. The number of carbonyl (C=O) groups is 1. The molecule has 1 saturated heterocycles. The van der Waals surface area contributed by atoms with Crippen LogP contribution in [-0.4, -0.2) is 80.3 Å². The van der Waals surface area contributed by atoms with Gasteiger partial charge >= 0.3 is 0 Å². The van der Waals surface area contributed by atoms with Gasteiger partial charge in [0.25, 0.3) is 17.0 Å². The second-order valence-corrected chi connectivity index (χ2v) is 11.3. The molecular weight excluding hydrogens is 498 g/mol. The lowest BCUT2D eigenvalue weighted by atomic mass is 9.86. The number of carbonyl (C=O) groups excluding carboxylic acids is 1. The van der Waals surface area contributed by atoms with Crippen molar-refractivity contribution in [1.29, 1.82) is 0 Å². The van der Waals surface area contributed by atoms with E-state index in [4.69, 9.17) is 0 Å². The Bertz CT molecular complexity index is 1380. The van der Waals surface area contributed by atoms with Crippen molar-refractivity contribution >= 4 is 17.4 Å². The molecule has 38 heavy (non-hydrogen) atoms. The van der Waals surface area contributed by atoms with Crippen LogP contribution in [-0.2, 0) is 11.3 Å². The second-order valence-electron chi connectivity index (χ2n) is 11.3. The Morgan fingerprint density at radius 2 is 1.82 bits per heavy atom. The number of nitrogens with zero attached hydrogens (tertiary/aromatic N) is 4. The van der Waals surface area contributed by atoms with Crippen LogP contribution in [0.15, 0.2) is 21.7 Å². The van der Waals surface area contributed by atoms with E-state index < -0.39 is 22.9 Å². The van der Waals surface area contributed by atoms with E-state index in [1.165, 1.54) is 15.3 Å². The molecule has 0 aromatic carbocycles. The molecule has 10 nitrogen and oxygen atoms in total. The minimum absolute atomic E-state index is 0.0603. The number of amides is 1. The smallest absolute Gasteiger partial charge is 0.289 e. The van der Waals surface area contributed by atoms with Gasteiger partial charge in [0.2, 0.25) is 11.8 Å². The van der Waals surface area contributed by atoms with Crippen molar-refractivity contribution in [1.82, 2.24) is 24.4 Å². The Morgan fingerprint density at radius 1 is 1.16 bits per heavy atom. The summed E-state index contributed by atoms with van der Waals surface area (Å²) in [5.74, 6) is -3.11. The highest BCUT2D eigenvalue weighted by Crippen LogP contribution is 2.40. The molecule has 2 aliphatic carbocycles. The zero-order valence-electron chi connectivity index (χ0n) is 22.0. The van der Waals surface area contributed by atoms with Crippen molar-refractivity contribution in [2.24, 2.45) is 5.92 Å². The van der Waals surface area contributed by atoms with Crippen LogP contribution in [0.25, 0.3) is 11.5 Å². The number of aliphatic hydroxyl groups excluding tert-OH is 1. The Morgan fingerprint density at radius 3 is 2.39 bits per heavy atom. The van der Waals surface area contributed by atoms with Gasteiger partial charge in [0, 0.05) is 69.3 Å². The lowest BCUT2D eigenvalue weighted by Gasteiger charge is -2.46. The molecule has 4 aliphatic rings. The summed E-state index contributed by atoms with van der Waals surface area (Å²) >= 11 is 0. The second kappa shape index (κ2) is 9.87. The number of fused-ring (bicyclic) bond motifs is 1. The summed E-state index contributed by atoms with van der Waals surface area (Å²) in [6, 6.07) is -0.423. The number of alkyl halides is 2. The van der Waals surface area contributed by atoms with Gasteiger partial charge in [0.1, 0.15) is 5.48 Å². The molecule has 3 N–H and O–H groups in total. The summed E-state index contributed by atoms with van der Waals surface area (Å²) in [5.41, 5.74) is 2.83. The normalized spacial score (nSPS) is 24.4. The standard InChI is InChI=1S/C26H36F2N6O4/c1-15(2)14-33-23-19(6-7-20(35)32-10-8-31(9-11-32)18-12-26(27,28)13-18)16(3)30-34(23)25(38)21(24(33)37)22(36)29-17-4-5-17/h6-7,15-18,29-30,36H,4-5,8-14H2,1-3H3/b7-6+,22-21?. The van der Waals surface area contributed by atoms with Gasteiger partial charge in [0.05, 0.1) is 6.04 Å². The first kappa shape index (κ1) is 26.5. The largest absolute Gasteiger partial charge is 0.494 e. The molecule has 1 aromatic rings. The number of halogens is 2. The highest BCUT2D eigenvalue weighted by atomic mass is 19.3. The average molecular weight is 535 g/mol. The van der Waals surface area contributed by atoms with Gasteiger partial charge < -0.3 is 20.7 Å². The average Bonchev–Trinajstić information content (AvgIpc) is 3.59. The van der Waals surface area contributed by atoms with Gasteiger partial charge in [-0.3, -0.25) is 23.9 Å². The van der Waals surface area contributed by atoms with Gasteiger partial charge in [0.15, 0.2) is 5.22 Å². The van der Waals surface area contributed by atoms with Crippen LogP contribution in [0.4, 0.5) is 8.78 Å². The van der Waals surface area contributed by atoms with E-state index in [-0.39, 0.29) is 48.0 Å². The number of rotatable bonds is 7. The quantitative estimate of drug-likeness (QED) is 0.410. The van der Waals surface area contributed by atoms with Crippen molar-refractivity contribution in [3.05, 3.63) is 43.6 Å². The fourth-order valence-electron chi connectivity index (χ4n) is 5.42. The molecule has 1 aromatic heterocycles.